The number of piperidine rings is 1. The van der Waals surface area contributed by atoms with Crippen molar-refractivity contribution in [2.75, 3.05) is 13.1 Å². The summed E-state index contributed by atoms with van der Waals surface area (Å²) in [5.41, 5.74) is 3.77. The summed E-state index contributed by atoms with van der Waals surface area (Å²) in [5.74, 6) is 0.604. The summed E-state index contributed by atoms with van der Waals surface area (Å²) in [7, 11) is 0. The van der Waals surface area contributed by atoms with Gasteiger partial charge in [0.25, 0.3) is 0 Å². The third-order valence-electron chi connectivity index (χ3n) is 7.36. The molecule has 174 valence electrons. The van der Waals surface area contributed by atoms with Crippen LogP contribution in [0.3, 0.4) is 0 Å². The van der Waals surface area contributed by atoms with Gasteiger partial charge in [0.05, 0.1) is 18.8 Å². The SMILES string of the molecule is N#CCCC=CCC[C@H]1[C@@H](OCc2ccc(-c3ccccc3)cc2)CC[C@@H]1N1CCCCC1. The van der Waals surface area contributed by atoms with Gasteiger partial charge in [-0.1, -0.05) is 73.2 Å². The Morgan fingerprint density at radius 3 is 2.36 bits per heavy atom. The van der Waals surface area contributed by atoms with Crippen LogP contribution in [0.1, 0.15) is 63.4 Å². The first-order valence-electron chi connectivity index (χ1n) is 12.9. The number of nitrogens with zero attached hydrogens (tertiary/aromatic N) is 2. The number of hydrogen-bond acceptors (Lipinski definition) is 3. The molecule has 3 heteroatoms. The lowest BCUT2D eigenvalue weighted by atomic mass is 9.93. The van der Waals surface area contributed by atoms with Crippen molar-refractivity contribution in [2.45, 2.75) is 76.5 Å². The molecular formula is C30H38N2O. The largest absolute Gasteiger partial charge is 0.373 e. The van der Waals surface area contributed by atoms with E-state index in [4.69, 9.17) is 10.00 Å². The van der Waals surface area contributed by atoms with Gasteiger partial charge in [-0.2, -0.15) is 5.26 Å². The van der Waals surface area contributed by atoms with Gasteiger partial charge in [-0.15, -0.1) is 0 Å². The Balaban J connectivity index is 1.35. The minimum atomic E-state index is 0.346. The van der Waals surface area contributed by atoms with Crippen LogP contribution in [0.2, 0.25) is 0 Å². The van der Waals surface area contributed by atoms with E-state index >= 15 is 0 Å². The number of ether oxygens (including phenoxy) is 1. The van der Waals surface area contributed by atoms with Crippen LogP contribution in [0.4, 0.5) is 0 Å². The lowest BCUT2D eigenvalue weighted by Crippen LogP contribution is -2.43. The minimum absolute atomic E-state index is 0.346. The second-order valence-corrected chi connectivity index (χ2v) is 9.56. The molecule has 2 fully saturated rings. The first kappa shape index (κ1) is 23.7. The molecule has 0 N–H and O–H groups in total. The Morgan fingerprint density at radius 1 is 0.879 bits per heavy atom. The second kappa shape index (κ2) is 12.7. The van der Waals surface area contributed by atoms with Gasteiger partial charge in [-0.05, 0) is 74.7 Å². The van der Waals surface area contributed by atoms with E-state index in [1.807, 2.05) is 0 Å². The first-order valence-corrected chi connectivity index (χ1v) is 12.9. The summed E-state index contributed by atoms with van der Waals surface area (Å²) in [6.07, 6.45) is 15.1. The highest BCUT2D eigenvalue weighted by molar-refractivity contribution is 5.63. The average Bonchev–Trinajstić information content (AvgIpc) is 3.29. The average molecular weight is 443 g/mol. The van der Waals surface area contributed by atoms with E-state index in [0.29, 0.717) is 31.1 Å². The van der Waals surface area contributed by atoms with Crippen LogP contribution in [-0.2, 0) is 11.3 Å². The molecule has 4 rings (SSSR count). The summed E-state index contributed by atoms with van der Waals surface area (Å²) in [6, 6.07) is 22.3. The van der Waals surface area contributed by atoms with Gasteiger partial charge >= 0.3 is 0 Å². The van der Waals surface area contributed by atoms with Gasteiger partial charge in [-0.3, -0.25) is 0 Å². The van der Waals surface area contributed by atoms with Crippen molar-refractivity contribution in [1.29, 1.82) is 5.26 Å². The molecule has 0 bridgehead atoms. The maximum absolute atomic E-state index is 8.73. The van der Waals surface area contributed by atoms with Gasteiger partial charge in [-0.25, -0.2) is 0 Å². The Bertz CT molecular complexity index is 893. The first-order chi connectivity index (χ1) is 16.3. The van der Waals surface area contributed by atoms with Crippen molar-refractivity contribution in [3.05, 3.63) is 72.3 Å². The van der Waals surface area contributed by atoms with Gasteiger partial charge in [0.2, 0.25) is 0 Å². The Morgan fingerprint density at radius 2 is 1.61 bits per heavy atom. The van der Waals surface area contributed by atoms with Crippen molar-refractivity contribution in [3.8, 4) is 17.2 Å². The number of nitriles is 1. The molecule has 1 aliphatic heterocycles. The normalized spacial score (nSPS) is 23.7. The standard InChI is InChI=1S/C30H38N2O/c31-21-9-3-1-2-8-14-28-29(32-22-10-5-11-23-32)19-20-30(28)33-24-25-15-17-27(18-16-25)26-12-6-4-7-13-26/h1-2,4,6-7,12-13,15-18,28-30H,3,5,8-11,14,19-20,22-24H2/t28-,29+,30+/m1/s1. The van der Waals surface area contributed by atoms with Crippen LogP contribution in [0, 0.1) is 17.2 Å². The Kier molecular flexibility index (Phi) is 9.16. The van der Waals surface area contributed by atoms with Crippen LogP contribution in [0.25, 0.3) is 11.1 Å². The number of hydrogen-bond donors (Lipinski definition) is 0. The van der Waals surface area contributed by atoms with Gasteiger partial charge < -0.3 is 9.64 Å². The minimum Gasteiger partial charge on any atom is -0.373 e. The summed E-state index contributed by atoms with van der Waals surface area (Å²) in [6.45, 7) is 3.21. The van der Waals surface area contributed by atoms with Crippen LogP contribution in [0.15, 0.2) is 66.7 Å². The molecule has 0 spiro atoms. The molecule has 1 saturated heterocycles. The van der Waals surface area contributed by atoms with E-state index in [0.717, 1.165) is 12.8 Å². The number of allylic oxidation sites excluding steroid dienone is 2. The van der Waals surface area contributed by atoms with Gasteiger partial charge in [0, 0.05) is 18.4 Å². The fraction of sp³-hybridized carbons (Fsp3) is 0.500. The predicted molar refractivity (Wildman–Crippen MR) is 136 cm³/mol. The lowest BCUT2D eigenvalue weighted by Gasteiger charge is -2.37. The van der Waals surface area contributed by atoms with Crippen molar-refractivity contribution in [2.24, 2.45) is 5.92 Å². The number of benzene rings is 2. The van der Waals surface area contributed by atoms with Crippen molar-refractivity contribution in [1.82, 2.24) is 4.90 Å². The van der Waals surface area contributed by atoms with Crippen LogP contribution in [0.5, 0.6) is 0 Å². The van der Waals surface area contributed by atoms with Crippen LogP contribution >= 0.6 is 0 Å². The Hall–Kier alpha value is -2.41. The maximum Gasteiger partial charge on any atom is 0.0720 e. The highest BCUT2D eigenvalue weighted by Crippen LogP contribution is 2.37. The Labute approximate surface area is 200 Å². The number of unbranched alkanes of at least 4 members (excludes halogenated alkanes) is 1. The monoisotopic (exact) mass is 442 g/mol. The second-order valence-electron chi connectivity index (χ2n) is 9.56. The zero-order chi connectivity index (χ0) is 22.7. The van der Waals surface area contributed by atoms with Crippen LogP contribution < -0.4 is 0 Å². The molecule has 0 aromatic heterocycles. The molecule has 1 heterocycles. The molecule has 0 unspecified atom stereocenters. The van der Waals surface area contributed by atoms with E-state index in [-0.39, 0.29) is 0 Å². The molecule has 3 nitrogen and oxygen atoms in total. The molecule has 2 aromatic rings. The number of likely N-dealkylation sites (tertiary alicyclic amines) is 1. The number of rotatable bonds is 10. The smallest absolute Gasteiger partial charge is 0.0720 e. The van der Waals surface area contributed by atoms with E-state index in [1.165, 1.54) is 68.3 Å². The highest BCUT2D eigenvalue weighted by Gasteiger charge is 2.39. The van der Waals surface area contributed by atoms with E-state index in [2.05, 4.69) is 77.7 Å². The third-order valence-corrected chi connectivity index (χ3v) is 7.36. The summed E-state index contributed by atoms with van der Waals surface area (Å²) < 4.78 is 6.57. The molecule has 1 aliphatic carbocycles. The molecule has 0 amide bonds. The molecular weight excluding hydrogens is 404 g/mol. The predicted octanol–water partition coefficient (Wildman–Crippen LogP) is 7.14. The molecule has 1 saturated carbocycles. The zero-order valence-electron chi connectivity index (χ0n) is 19.9. The van der Waals surface area contributed by atoms with E-state index in [1.54, 1.807) is 0 Å². The molecule has 2 aliphatic rings. The molecule has 0 radical (unpaired) electrons. The molecule has 3 atom stereocenters. The molecule has 33 heavy (non-hydrogen) atoms. The fourth-order valence-corrected chi connectivity index (χ4v) is 5.60. The summed E-state index contributed by atoms with van der Waals surface area (Å²) in [4.78, 5) is 2.76. The fourth-order valence-electron chi connectivity index (χ4n) is 5.60. The van der Waals surface area contributed by atoms with Crippen LogP contribution in [-0.4, -0.2) is 30.1 Å². The van der Waals surface area contributed by atoms with Gasteiger partial charge in [0.15, 0.2) is 0 Å². The van der Waals surface area contributed by atoms with E-state index in [9.17, 15) is 0 Å². The lowest BCUT2D eigenvalue weighted by molar-refractivity contribution is -0.00352. The summed E-state index contributed by atoms with van der Waals surface area (Å²) in [5, 5.41) is 8.73. The summed E-state index contributed by atoms with van der Waals surface area (Å²) >= 11 is 0. The van der Waals surface area contributed by atoms with Crippen molar-refractivity contribution < 1.29 is 4.74 Å². The van der Waals surface area contributed by atoms with Crippen molar-refractivity contribution in [3.63, 3.8) is 0 Å². The van der Waals surface area contributed by atoms with Gasteiger partial charge in [0.1, 0.15) is 0 Å². The quantitative estimate of drug-likeness (QED) is 0.290. The highest BCUT2D eigenvalue weighted by atomic mass is 16.5. The topological polar surface area (TPSA) is 36.3 Å². The molecule has 2 aromatic carbocycles. The van der Waals surface area contributed by atoms with E-state index < -0.39 is 0 Å². The maximum atomic E-state index is 8.73. The zero-order valence-corrected chi connectivity index (χ0v) is 19.9. The third kappa shape index (κ3) is 6.79. The van der Waals surface area contributed by atoms with Crippen molar-refractivity contribution >= 4 is 0 Å².